The van der Waals surface area contributed by atoms with Gasteiger partial charge in [0.15, 0.2) is 0 Å². The van der Waals surface area contributed by atoms with Gasteiger partial charge in [-0.25, -0.2) is 0 Å². The molecule has 3 rings (SSSR count). The first-order valence-corrected chi connectivity index (χ1v) is 7.12. The molecule has 1 aromatic carbocycles. The van der Waals surface area contributed by atoms with Crippen molar-refractivity contribution in [2.75, 3.05) is 24.5 Å². The normalized spacial score (nSPS) is 26.4. The standard InChI is InChI=1S/C15H18N4O2/c1-15(2)12-8-17-7-11(12)9-18(15)13-4-3-10(6-16)5-14(13)19(20)21/h3-5,11-12,17H,7-9H2,1-2H3. The first kappa shape index (κ1) is 13.8. The summed E-state index contributed by atoms with van der Waals surface area (Å²) in [5.41, 5.74) is 0.838. The van der Waals surface area contributed by atoms with Crippen molar-refractivity contribution in [1.29, 1.82) is 5.26 Å². The summed E-state index contributed by atoms with van der Waals surface area (Å²) in [4.78, 5) is 13.1. The van der Waals surface area contributed by atoms with Crippen LogP contribution in [-0.2, 0) is 0 Å². The van der Waals surface area contributed by atoms with Crippen LogP contribution in [0.3, 0.4) is 0 Å². The molecule has 0 saturated carbocycles. The molecule has 6 nitrogen and oxygen atoms in total. The molecule has 21 heavy (non-hydrogen) atoms. The SMILES string of the molecule is CC1(C)C2CNCC2CN1c1ccc(C#N)cc1[N+](=O)[O-]. The van der Waals surface area contributed by atoms with Crippen LogP contribution >= 0.6 is 0 Å². The zero-order chi connectivity index (χ0) is 15.2. The Morgan fingerprint density at radius 3 is 2.86 bits per heavy atom. The quantitative estimate of drug-likeness (QED) is 0.663. The molecule has 2 aliphatic heterocycles. The molecule has 0 spiro atoms. The van der Waals surface area contributed by atoms with Gasteiger partial charge in [0.1, 0.15) is 5.69 Å². The van der Waals surface area contributed by atoms with E-state index in [2.05, 4.69) is 24.1 Å². The number of nitriles is 1. The molecule has 110 valence electrons. The van der Waals surface area contributed by atoms with Gasteiger partial charge < -0.3 is 10.2 Å². The van der Waals surface area contributed by atoms with Crippen molar-refractivity contribution in [2.45, 2.75) is 19.4 Å². The van der Waals surface area contributed by atoms with Gasteiger partial charge in [0.25, 0.3) is 5.69 Å². The van der Waals surface area contributed by atoms with Crippen molar-refractivity contribution in [1.82, 2.24) is 5.32 Å². The maximum Gasteiger partial charge on any atom is 0.293 e. The molecule has 0 bridgehead atoms. The second-order valence-corrected chi connectivity index (χ2v) is 6.36. The summed E-state index contributed by atoms with van der Waals surface area (Å²) < 4.78 is 0. The highest BCUT2D eigenvalue weighted by molar-refractivity contribution is 5.67. The zero-order valence-electron chi connectivity index (χ0n) is 12.2. The largest absolute Gasteiger partial charge is 0.360 e. The third-order valence-electron chi connectivity index (χ3n) is 4.95. The maximum absolute atomic E-state index is 11.4. The number of fused-ring (bicyclic) bond motifs is 1. The van der Waals surface area contributed by atoms with Crippen molar-refractivity contribution in [2.24, 2.45) is 11.8 Å². The van der Waals surface area contributed by atoms with Gasteiger partial charge >= 0.3 is 0 Å². The van der Waals surface area contributed by atoms with E-state index in [4.69, 9.17) is 5.26 Å². The number of hydrogen-bond donors (Lipinski definition) is 1. The summed E-state index contributed by atoms with van der Waals surface area (Å²) in [6, 6.07) is 6.71. The predicted molar refractivity (Wildman–Crippen MR) is 79.1 cm³/mol. The number of nitro benzene ring substituents is 1. The Morgan fingerprint density at radius 1 is 1.48 bits per heavy atom. The van der Waals surface area contributed by atoms with Crippen molar-refractivity contribution in [3.8, 4) is 6.07 Å². The molecule has 2 saturated heterocycles. The Morgan fingerprint density at radius 2 is 2.24 bits per heavy atom. The lowest BCUT2D eigenvalue weighted by molar-refractivity contribution is -0.384. The van der Waals surface area contributed by atoms with Crippen molar-refractivity contribution in [3.63, 3.8) is 0 Å². The molecule has 0 radical (unpaired) electrons. The molecule has 0 aliphatic carbocycles. The second-order valence-electron chi connectivity index (χ2n) is 6.36. The fourth-order valence-electron chi connectivity index (χ4n) is 3.80. The van der Waals surface area contributed by atoms with Gasteiger partial charge in [0.05, 0.1) is 16.6 Å². The Bertz CT molecular complexity index is 635. The van der Waals surface area contributed by atoms with Crippen molar-refractivity contribution in [3.05, 3.63) is 33.9 Å². The van der Waals surface area contributed by atoms with Crippen molar-refractivity contribution < 1.29 is 4.92 Å². The minimum Gasteiger partial charge on any atom is -0.360 e. The van der Waals surface area contributed by atoms with Crippen LogP contribution in [0.4, 0.5) is 11.4 Å². The molecule has 1 N–H and O–H groups in total. The van der Waals surface area contributed by atoms with Gasteiger partial charge in [-0.2, -0.15) is 5.26 Å². The van der Waals surface area contributed by atoms with E-state index in [1.165, 1.54) is 6.07 Å². The molecule has 0 amide bonds. The first-order chi connectivity index (χ1) is 9.95. The third-order valence-corrected chi connectivity index (χ3v) is 4.95. The van der Waals surface area contributed by atoms with E-state index in [1.54, 1.807) is 12.1 Å². The van der Waals surface area contributed by atoms with Gasteiger partial charge in [-0.05, 0) is 37.8 Å². The van der Waals surface area contributed by atoms with E-state index in [0.29, 0.717) is 23.1 Å². The van der Waals surface area contributed by atoms with Crippen LogP contribution in [0, 0.1) is 33.3 Å². The van der Waals surface area contributed by atoms with Crippen LogP contribution in [0.5, 0.6) is 0 Å². The molecule has 2 unspecified atom stereocenters. The highest BCUT2D eigenvalue weighted by Gasteiger charge is 2.50. The Hall–Kier alpha value is -2.13. The Balaban J connectivity index is 2.05. The second kappa shape index (κ2) is 4.71. The van der Waals surface area contributed by atoms with E-state index in [-0.39, 0.29) is 11.2 Å². The van der Waals surface area contributed by atoms with Crippen LogP contribution in [0.2, 0.25) is 0 Å². The molecular formula is C15H18N4O2. The molecule has 1 aromatic rings. The van der Waals surface area contributed by atoms with Gasteiger partial charge in [-0.3, -0.25) is 10.1 Å². The van der Waals surface area contributed by atoms with Crippen molar-refractivity contribution >= 4 is 11.4 Å². The van der Waals surface area contributed by atoms with Crippen LogP contribution in [0.1, 0.15) is 19.4 Å². The van der Waals surface area contributed by atoms with E-state index >= 15 is 0 Å². The van der Waals surface area contributed by atoms with Crippen LogP contribution < -0.4 is 10.2 Å². The summed E-state index contributed by atoms with van der Waals surface area (Å²) >= 11 is 0. The predicted octanol–water partition coefficient (Wildman–Crippen LogP) is 1.90. The Kier molecular flexibility index (Phi) is 3.10. The summed E-state index contributed by atoms with van der Waals surface area (Å²) in [5.74, 6) is 1.02. The first-order valence-electron chi connectivity index (χ1n) is 7.12. The lowest BCUT2D eigenvalue weighted by Gasteiger charge is -2.37. The number of nitrogens with zero attached hydrogens (tertiary/aromatic N) is 3. The number of benzene rings is 1. The number of anilines is 1. The molecule has 2 fully saturated rings. The van der Waals surface area contributed by atoms with Gasteiger partial charge in [0.2, 0.25) is 0 Å². The van der Waals surface area contributed by atoms with E-state index < -0.39 is 4.92 Å². The lowest BCUT2D eigenvalue weighted by atomic mass is 9.84. The zero-order valence-corrected chi connectivity index (χ0v) is 12.2. The van der Waals surface area contributed by atoms with Gasteiger partial charge in [-0.15, -0.1) is 0 Å². The van der Waals surface area contributed by atoms with Crippen LogP contribution in [-0.4, -0.2) is 30.1 Å². The maximum atomic E-state index is 11.4. The average Bonchev–Trinajstić information content (AvgIpc) is 3.00. The van der Waals surface area contributed by atoms with Gasteiger partial charge in [-0.1, -0.05) is 0 Å². The number of nitro groups is 1. The van der Waals surface area contributed by atoms with Gasteiger partial charge in [0, 0.05) is 31.2 Å². The third kappa shape index (κ3) is 2.05. The fourth-order valence-corrected chi connectivity index (χ4v) is 3.80. The average molecular weight is 286 g/mol. The Labute approximate surface area is 123 Å². The number of hydrogen-bond acceptors (Lipinski definition) is 5. The minimum absolute atomic E-state index is 0.0232. The summed E-state index contributed by atoms with van der Waals surface area (Å²) in [5, 5.41) is 23.7. The molecule has 2 atom stereocenters. The van der Waals surface area contributed by atoms with Crippen LogP contribution in [0.25, 0.3) is 0 Å². The smallest absolute Gasteiger partial charge is 0.293 e. The highest BCUT2D eigenvalue weighted by Crippen LogP contribution is 2.45. The van der Waals surface area contributed by atoms with E-state index in [9.17, 15) is 10.1 Å². The fraction of sp³-hybridized carbons (Fsp3) is 0.533. The highest BCUT2D eigenvalue weighted by atomic mass is 16.6. The molecule has 2 heterocycles. The summed E-state index contributed by atoms with van der Waals surface area (Å²) in [7, 11) is 0. The molecule has 6 heteroatoms. The molecule has 2 aliphatic rings. The summed E-state index contributed by atoms with van der Waals surface area (Å²) in [6.45, 7) is 7.03. The topological polar surface area (TPSA) is 82.2 Å². The molecular weight excluding hydrogens is 268 g/mol. The van der Waals surface area contributed by atoms with E-state index in [0.717, 1.165) is 19.6 Å². The van der Waals surface area contributed by atoms with E-state index in [1.807, 2.05) is 6.07 Å². The summed E-state index contributed by atoms with van der Waals surface area (Å²) in [6.07, 6.45) is 0. The number of rotatable bonds is 2. The van der Waals surface area contributed by atoms with Crippen LogP contribution in [0.15, 0.2) is 18.2 Å². The lowest BCUT2D eigenvalue weighted by Crippen LogP contribution is -2.44. The monoisotopic (exact) mass is 286 g/mol. The minimum atomic E-state index is -0.390. The molecule has 0 aromatic heterocycles. The number of nitrogens with one attached hydrogen (secondary N) is 1.